The van der Waals surface area contributed by atoms with Gasteiger partial charge in [-0.2, -0.15) is 0 Å². The van der Waals surface area contributed by atoms with Gasteiger partial charge < -0.3 is 5.32 Å². The molecule has 0 fully saturated rings. The van der Waals surface area contributed by atoms with Crippen molar-refractivity contribution >= 4 is 6.08 Å². The standard InChI is InChI=1S/C22H27N/c1-17(2)20-13-12-19-10-6-7-11-21(19)22(20)14-15-23-16-18-8-4-3-5-9-18/h3-13,17,20,22-23H,14-16H2,1-2H3/t20-,22-/m1/s1. The second-order valence-electron chi connectivity index (χ2n) is 6.87. The van der Waals surface area contributed by atoms with Gasteiger partial charge in [-0.1, -0.05) is 80.6 Å². The smallest absolute Gasteiger partial charge is 0.0205 e. The lowest BCUT2D eigenvalue weighted by Gasteiger charge is -2.32. The molecule has 0 radical (unpaired) electrons. The molecule has 0 amide bonds. The first kappa shape index (κ1) is 16.0. The lowest BCUT2D eigenvalue weighted by atomic mass is 9.73. The highest BCUT2D eigenvalue weighted by atomic mass is 14.8. The summed E-state index contributed by atoms with van der Waals surface area (Å²) >= 11 is 0. The molecule has 0 aromatic heterocycles. The minimum atomic E-state index is 0.625. The number of hydrogen-bond acceptors (Lipinski definition) is 1. The lowest BCUT2D eigenvalue weighted by molar-refractivity contribution is 0.363. The Hall–Kier alpha value is -1.86. The van der Waals surface area contributed by atoms with Gasteiger partial charge in [0.1, 0.15) is 0 Å². The van der Waals surface area contributed by atoms with Gasteiger partial charge in [-0.3, -0.25) is 0 Å². The predicted molar refractivity (Wildman–Crippen MR) is 99.3 cm³/mol. The normalized spacial score (nSPS) is 19.8. The van der Waals surface area contributed by atoms with Crippen molar-refractivity contribution in [1.82, 2.24) is 5.32 Å². The van der Waals surface area contributed by atoms with Crippen LogP contribution in [-0.4, -0.2) is 6.54 Å². The molecular weight excluding hydrogens is 278 g/mol. The molecule has 1 N–H and O–H groups in total. The Morgan fingerprint density at radius 1 is 0.957 bits per heavy atom. The minimum absolute atomic E-state index is 0.625. The number of benzene rings is 2. The molecule has 2 atom stereocenters. The zero-order chi connectivity index (χ0) is 16.1. The van der Waals surface area contributed by atoms with E-state index in [9.17, 15) is 0 Å². The number of fused-ring (bicyclic) bond motifs is 1. The van der Waals surface area contributed by atoms with E-state index in [1.165, 1.54) is 23.1 Å². The maximum Gasteiger partial charge on any atom is 0.0205 e. The van der Waals surface area contributed by atoms with Crippen LogP contribution in [0, 0.1) is 11.8 Å². The largest absolute Gasteiger partial charge is 0.313 e. The Kier molecular flexibility index (Phi) is 5.30. The number of allylic oxidation sites excluding steroid dienone is 1. The summed E-state index contributed by atoms with van der Waals surface area (Å²) in [4.78, 5) is 0. The monoisotopic (exact) mass is 305 g/mol. The third-order valence-electron chi connectivity index (χ3n) is 4.93. The van der Waals surface area contributed by atoms with E-state index in [-0.39, 0.29) is 0 Å². The topological polar surface area (TPSA) is 12.0 Å². The third kappa shape index (κ3) is 3.92. The molecule has 0 saturated heterocycles. The molecule has 1 aliphatic rings. The van der Waals surface area contributed by atoms with E-state index in [1.54, 1.807) is 0 Å². The fourth-order valence-corrected chi connectivity index (χ4v) is 3.68. The fraction of sp³-hybridized carbons (Fsp3) is 0.364. The van der Waals surface area contributed by atoms with Crippen molar-refractivity contribution in [2.45, 2.75) is 32.7 Å². The molecule has 1 aliphatic carbocycles. The Morgan fingerprint density at radius 3 is 2.48 bits per heavy atom. The number of hydrogen-bond donors (Lipinski definition) is 1. The number of nitrogens with one attached hydrogen (secondary N) is 1. The SMILES string of the molecule is CC(C)[C@H]1C=Cc2ccccc2[C@@H]1CCNCc1ccccc1. The van der Waals surface area contributed by atoms with Crippen molar-refractivity contribution in [2.24, 2.45) is 11.8 Å². The molecule has 23 heavy (non-hydrogen) atoms. The van der Waals surface area contributed by atoms with Crippen molar-refractivity contribution in [2.75, 3.05) is 6.54 Å². The summed E-state index contributed by atoms with van der Waals surface area (Å²) in [5.41, 5.74) is 4.28. The summed E-state index contributed by atoms with van der Waals surface area (Å²) in [7, 11) is 0. The summed E-state index contributed by atoms with van der Waals surface area (Å²) in [6.07, 6.45) is 5.93. The first-order valence-corrected chi connectivity index (χ1v) is 8.77. The third-order valence-corrected chi connectivity index (χ3v) is 4.93. The average Bonchev–Trinajstić information content (AvgIpc) is 2.59. The van der Waals surface area contributed by atoms with E-state index in [0.717, 1.165) is 13.1 Å². The highest BCUT2D eigenvalue weighted by Gasteiger charge is 2.27. The highest BCUT2D eigenvalue weighted by molar-refractivity contribution is 5.58. The molecule has 2 aromatic carbocycles. The van der Waals surface area contributed by atoms with Crippen molar-refractivity contribution in [3.8, 4) is 0 Å². The van der Waals surface area contributed by atoms with Gasteiger partial charge >= 0.3 is 0 Å². The molecule has 0 saturated carbocycles. The van der Waals surface area contributed by atoms with Crippen LogP contribution >= 0.6 is 0 Å². The van der Waals surface area contributed by atoms with Crippen LogP contribution in [0.15, 0.2) is 60.7 Å². The molecular formula is C22H27N. The average molecular weight is 305 g/mol. The van der Waals surface area contributed by atoms with E-state index in [2.05, 4.69) is 85.9 Å². The molecule has 1 heteroatoms. The second kappa shape index (κ2) is 7.61. The second-order valence-corrected chi connectivity index (χ2v) is 6.87. The summed E-state index contributed by atoms with van der Waals surface area (Å²) in [6.45, 7) is 6.70. The predicted octanol–water partition coefficient (Wildman–Crippen LogP) is 5.25. The maximum absolute atomic E-state index is 3.62. The van der Waals surface area contributed by atoms with Crippen LogP contribution in [-0.2, 0) is 6.54 Å². The van der Waals surface area contributed by atoms with Gasteiger partial charge in [-0.15, -0.1) is 0 Å². The Morgan fingerprint density at radius 2 is 1.70 bits per heavy atom. The summed E-state index contributed by atoms with van der Waals surface area (Å²) in [5.74, 6) is 1.95. The van der Waals surface area contributed by atoms with Crippen molar-refractivity contribution in [1.29, 1.82) is 0 Å². The van der Waals surface area contributed by atoms with Crippen LogP contribution in [0.1, 0.15) is 42.9 Å². The van der Waals surface area contributed by atoms with E-state index < -0.39 is 0 Å². The first-order chi connectivity index (χ1) is 11.3. The van der Waals surface area contributed by atoms with E-state index >= 15 is 0 Å². The molecule has 0 heterocycles. The lowest BCUT2D eigenvalue weighted by Crippen LogP contribution is -2.25. The molecule has 0 aliphatic heterocycles. The molecule has 0 unspecified atom stereocenters. The zero-order valence-electron chi connectivity index (χ0n) is 14.2. The highest BCUT2D eigenvalue weighted by Crippen LogP contribution is 2.39. The fourth-order valence-electron chi connectivity index (χ4n) is 3.68. The van der Waals surface area contributed by atoms with E-state index in [0.29, 0.717) is 17.8 Å². The molecule has 120 valence electrons. The maximum atomic E-state index is 3.62. The minimum Gasteiger partial charge on any atom is -0.313 e. The van der Waals surface area contributed by atoms with Crippen LogP contribution < -0.4 is 5.32 Å². The van der Waals surface area contributed by atoms with Gasteiger partial charge in [0, 0.05) is 6.54 Å². The van der Waals surface area contributed by atoms with Gasteiger partial charge in [0.15, 0.2) is 0 Å². The first-order valence-electron chi connectivity index (χ1n) is 8.77. The Labute approximate surface area is 140 Å². The Bertz CT molecular complexity index is 642. The van der Waals surface area contributed by atoms with Gasteiger partial charge in [0.25, 0.3) is 0 Å². The van der Waals surface area contributed by atoms with Crippen LogP contribution in [0.3, 0.4) is 0 Å². The van der Waals surface area contributed by atoms with Gasteiger partial charge in [0.05, 0.1) is 0 Å². The van der Waals surface area contributed by atoms with Crippen molar-refractivity contribution < 1.29 is 0 Å². The molecule has 3 rings (SSSR count). The molecule has 0 bridgehead atoms. The molecule has 2 aromatic rings. The van der Waals surface area contributed by atoms with Gasteiger partial charge in [0.2, 0.25) is 0 Å². The van der Waals surface area contributed by atoms with E-state index in [1.807, 2.05) is 0 Å². The van der Waals surface area contributed by atoms with Crippen LogP contribution in [0.2, 0.25) is 0 Å². The molecule has 0 spiro atoms. The van der Waals surface area contributed by atoms with Crippen LogP contribution in [0.25, 0.3) is 6.08 Å². The van der Waals surface area contributed by atoms with Gasteiger partial charge in [-0.05, 0) is 47.4 Å². The number of rotatable bonds is 6. The van der Waals surface area contributed by atoms with Crippen molar-refractivity contribution in [3.63, 3.8) is 0 Å². The van der Waals surface area contributed by atoms with Crippen molar-refractivity contribution in [3.05, 3.63) is 77.4 Å². The summed E-state index contributed by atoms with van der Waals surface area (Å²) < 4.78 is 0. The molecule has 1 nitrogen and oxygen atoms in total. The van der Waals surface area contributed by atoms with E-state index in [4.69, 9.17) is 0 Å². The van der Waals surface area contributed by atoms with Crippen LogP contribution in [0.5, 0.6) is 0 Å². The quantitative estimate of drug-likeness (QED) is 0.719. The van der Waals surface area contributed by atoms with Gasteiger partial charge in [-0.25, -0.2) is 0 Å². The summed E-state index contributed by atoms with van der Waals surface area (Å²) in [5, 5.41) is 3.62. The Balaban J connectivity index is 1.63. The summed E-state index contributed by atoms with van der Waals surface area (Å²) in [6, 6.07) is 19.5. The van der Waals surface area contributed by atoms with Crippen LogP contribution in [0.4, 0.5) is 0 Å². The zero-order valence-corrected chi connectivity index (χ0v) is 14.2.